The molecule has 2 rings (SSSR count). The van der Waals surface area contributed by atoms with Crippen LogP contribution >= 0.6 is 27.3 Å². The lowest BCUT2D eigenvalue weighted by Crippen LogP contribution is -2.27. The van der Waals surface area contributed by atoms with Gasteiger partial charge in [-0.2, -0.15) is 4.31 Å². The largest absolute Gasteiger partial charge is 0.392 e. The topological polar surface area (TPSA) is 57.6 Å². The van der Waals surface area contributed by atoms with Gasteiger partial charge in [-0.05, 0) is 23.6 Å². The fourth-order valence-corrected chi connectivity index (χ4v) is 4.57. The summed E-state index contributed by atoms with van der Waals surface area (Å²) in [4.78, 5) is 0.416. The fourth-order valence-electron chi connectivity index (χ4n) is 1.80. The van der Waals surface area contributed by atoms with Gasteiger partial charge in [-0.25, -0.2) is 12.8 Å². The van der Waals surface area contributed by atoms with Crippen molar-refractivity contribution in [3.05, 3.63) is 50.4 Å². The van der Waals surface area contributed by atoms with Crippen molar-refractivity contribution in [3.63, 3.8) is 0 Å². The van der Waals surface area contributed by atoms with Crippen LogP contribution in [0.1, 0.15) is 10.4 Å². The Morgan fingerprint density at radius 1 is 1.43 bits per heavy atom. The van der Waals surface area contributed by atoms with Crippen molar-refractivity contribution < 1.29 is 17.9 Å². The Morgan fingerprint density at radius 3 is 2.71 bits per heavy atom. The standard InChI is InChI=1S/C13H13BrFNO3S2/c1-16(7-11-3-2-4-20-11)21(18,19)12-6-10(14)5-9(8-17)13(12)15/h2-6,17H,7-8H2,1H3. The van der Waals surface area contributed by atoms with E-state index in [0.29, 0.717) is 4.47 Å². The molecule has 0 bridgehead atoms. The smallest absolute Gasteiger partial charge is 0.246 e. The normalized spacial score (nSPS) is 12.0. The van der Waals surface area contributed by atoms with E-state index in [1.54, 1.807) is 0 Å². The molecule has 0 radical (unpaired) electrons. The minimum absolute atomic E-state index is 0.0625. The van der Waals surface area contributed by atoms with Gasteiger partial charge in [0.2, 0.25) is 10.0 Å². The highest BCUT2D eigenvalue weighted by molar-refractivity contribution is 9.10. The van der Waals surface area contributed by atoms with E-state index < -0.39 is 27.3 Å². The summed E-state index contributed by atoms with van der Waals surface area (Å²) < 4.78 is 40.7. The predicted octanol–water partition coefficient (Wildman–Crippen LogP) is 2.96. The molecule has 2 aromatic rings. The monoisotopic (exact) mass is 393 g/mol. The van der Waals surface area contributed by atoms with E-state index in [0.717, 1.165) is 9.18 Å². The molecular formula is C13H13BrFNO3S2. The number of nitrogens with zero attached hydrogens (tertiary/aromatic N) is 1. The second-order valence-electron chi connectivity index (χ2n) is 4.38. The van der Waals surface area contributed by atoms with E-state index in [1.165, 1.54) is 30.5 Å². The van der Waals surface area contributed by atoms with Crippen molar-refractivity contribution in [2.75, 3.05) is 7.05 Å². The second kappa shape index (κ2) is 6.53. The molecule has 0 unspecified atom stereocenters. The van der Waals surface area contributed by atoms with Crippen LogP contribution in [0, 0.1) is 5.82 Å². The van der Waals surface area contributed by atoms with Gasteiger partial charge in [0.15, 0.2) is 0 Å². The lowest BCUT2D eigenvalue weighted by Gasteiger charge is -2.18. The highest BCUT2D eigenvalue weighted by Crippen LogP contribution is 2.27. The Balaban J connectivity index is 2.41. The molecular weight excluding hydrogens is 381 g/mol. The van der Waals surface area contributed by atoms with Gasteiger partial charge in [-0.3, -0.25) is 0 Å². The molecule has 0 atom stereocenters. The molecule has 0 aliphatic rings. The fraction of sp³-hybridized carbons (Fsp3) is 0.231. The average Bonchev–Trinajstić information content (AvgIpc) is 2.93. The average molecular weight is 394 g/mol. The number of hydrogen-bond acceptors (Lipinski definition) is 4. The number of rotatable bonds is 5. The van der Waals surface area contributed by atoms with Crippen LogP contribution in [0.15, 0.2) is 39.0 Å². The van der Waals surface area contributed by atoms with Crippen LogP contribution in [-0.2, 0) is 23.2 Å². The highest BCUT2D eigenvalue weighted by atomic mass is 79.9. The molecule has 1 aromatic heterocycles. The van der Waals surface area contributed by atoms with Crippen LogP contribution in [-0.4, -0.2) is 24.9 Å². The van der Waals surface area contributed by atoms with Crippen molar-refractivity contribution in [1.29, 1.82) is 0 Å². The number of aliphatic hydroxyl groups excluding tert-OH is 1. The molecule has 114 valence electrons. The zero-order valence-electron chi connectivity index (χ0n) is 11.1. The molecule has 0 saturated carbocycles. The van der Waals surface area contributed by atoms with Crippen molar-refractivity contribution in [1.82, 2.24) is 4.31 Å². The molecule has 0 saturated heterocycles. The maximum absolute atomic E-state index is 14.2. The molecule has 21 heavy (non-hydrogen) atoms. The number of sulfonamides is 1. The molecule has 0 aliphatic carbocycles. The van der Waals surface area contributed by atoms with Crippen LogP contribution in [0.5, 0.6) is 0 Å². The van der Waals surface area contributed by atoms with E-state index in [2.05, 4.69) is 15.9 Å². The Bertz CT molecular complexity index is 732. The quantitative estimate of drug-likeness (QED) is 0.849. The lowest BCUT2D eigenvalue weighted by atomic mass is 10.2. The van der Waals surface area contributed by atoms with Gasteiger partial charge in [-0.1, -0.05) is 22.0 Å². The SMILES string of the molecule is CN(Cc1cccs1)S(=O)(=O)c1cc(Br)cc(CO)c1F. The maximum atomic E-state index is 14.2. The first-order valence-electron chi connectivity index (χ1n) is 5.93. The Morgan fingerprint density at radius 2 is 2.14 bits per heavy atom. The third-order valence-corrected chi connectivity index (χ3v) is 6.02. The number of hydrogen-bond donors (Lipinski definition) is 1. The minimum Gasteiger partial charge on any atom is -0.392 e. The van der Waals surface area contributed by atoms with Crippen molar-refractivity contribution in [2.24, 2.45) is 0 Å². The molecule has 0 aliphatic heterocycles. The van der Waals surface area contributed by atoms with Crippen LogP contribution in [0.4, 0.5) is 4.39 Å². The van der Waals surface area contributed by atoms with Crippen molar-refractivity contribution in [2.45, 2.75) is 18.0 Å². The molecule has 0 fully saturated rings. The number of halogens is 2. The van der Waals surface area contributed by atoms with Gasteiger partial charge >= 0.3 is 0 Å². The molecule has 0 spiro atoms. The minimum atomic E-state index is -3.98. The zero-order chi connectivity index (χ0) is 15.6. The highest BCUT2D eigenvalue weighted by Gasteiger charge is 2.27. The Hall–Kier alpha value is -0.800. The summed E-state index contributed by atoms with van der Waals surface area (Å²) in [5, 5.41) is 11.0. The Kier molecular flexibility index (Phi) is 5.15. The summed E-state index contributed by atoms with van der Waals surface area (Å²) in [6, 6.07) is 6.19. The van der Waals surface area contributed by atoms with Gasteiger partial charge in [0.1, 0.15) is 10.7 Å². The third kappa shape index (κ3) is 3.51. The van der Waals surface area contributed by atoms with E-state index >= 15 is 0 Å². The van der Waals surface area contributed by atoms with Crippen molar-refractivity contribution >= 4 is 37.3 Å². The van der Waals surface area contributed by atoms with Crippen molar-refractivity contribution in [3.8, 4) is 0 Å². The zero-order valence-corrected chi connectivity index (χ0v) is 14.3. The molecule has 4 nitrogen and oxygen atoms in total. The first-order valence-corrected chi connectivity index (χ1v) is 9.05. The first kappa shape index (κ1) is 16.6. The third-order valence-electron chi connectivity index (χ3n) is 2.90. The first-order chi connectivity index (χ1) is 9.86. The second-order valence-corrected chi connectivity index (χ2v) is 8.34. The molecule has 1 heterocycles. The summed E-state index contributed by atoms with van der Waals surface area (Å²) in [6.45, 7) is -0.400. The summed E-state index contributed by atoms with van der Waals surface area (Å²) in [5.74, 6) is -0.918. The summed E-state index contributed by atoms with van der Waals surface area (Å²) in [6.07, 6.45) is 0. The Labute approximate surface area is 135 Å². The van der Waals surface area contributed by atoms with E-state index in [-0.39, 0.29) is 12.1 Å². The summed E-state index contributed by atoms with van der Waals surface area (Å²) >= 11 is 4.56. The van der Waals surface area contributed by atoms with Gasteiger partial charge in [0.25, 0.3) is 0 Å². The van der Waals surface area contributed by atoms with Gasteiger partial charge in [0.05, 0.1) is 6.61 Å². The van der Waals surface area contributed by atoms with Crippen LogP contribution in [0.25, 0.3) is 0 Å². The number of thiophene rings is 1. The van der Waals surface area contributed by atoms with Crippen LogP contribution in [0.2, 0.25) is 0 Å². The van der Waals surface area contributed by atoms with Gasteiger partial charge in [0, 0.05) is 28.5 Å². The molecule has 8 heteroatoms. The summed E-state index contributed by atoms with van der Waals surface area (Å²) in [5.41, 5.74) is -0.0625. The van der Waals surface area contributed by atoms with E-state index in [4.69, 9.17) is 5.11 Å². The maximum Gasteiger partial charge on any atom is 0.246 e. The number of benzene rings is 1. The van der Waals surface area contributed by atoms with Crippen LogP contribution in [0.3, 0.4) is 0 Å². The van der Waals surface area contributed by atoms with E-state index in [1.807, 2.05) is 17.5 Å². The van der Waals surface area contributed by atoms with Crippen LogP contribution < -0.4 is 0 Å². The lowest BCUT2D eigenvalue weighted by molar-refractivity contribution is 0.274. The van der Waals surface area contributed by atoms with Gasteiger partial charge < -0.3 is 5.11 Å². The predicted molar refractivity (Wildman–Crippen MR) is 83.0 cm³/mol. The molecule has 1 aromatic carbocycles. The van der Waals surface area contributed by atoms with Gasteiger partial charge in [-0.15, -0.1) is 11.3 Å². The number of aliphatic hydroxyl groups is 1. The molecule has 1 N–H and O–H groups in total. The van der Waals surface area contributed by atoms with E-state index in [9.17, 15) is 12.8 Å². The molecule has 0 amide bonds. The summed E-state index contributed by atoms with van der Waals surface area (Å²) in [7, 11) is -2.58.